The standard InChI is InChI=1S/C20H29N3O3S/c1-5-6-9-26-17(24)12-23-16(11-22(3)4)21-19-18(20(23)25)14-8-7-13(2)10-15(14)27-19/h13H,5-12H2,1-4H3. The van der Waals surface area contributed by atoms with E-state index in [2.05, 4.69) is 6.92 Å². The Labute approximate surface area is 164 Å². The molecule has 1 aliphatic carbocycles. The van der Waals surface area contributed by atoms with E-state index < -0.39 is 0 Å². The minimum atomic E-state index is -0.371. The molecule has 3 rings (SSSR count). The molecule has 2 aromatic rings. The molecule has 0 amide bonds. The van der Waals surface area contributed by atoms with Gasteiger partial charge in [0.25, 0.3) is 5.56 Å². The number of ether oxygens (including phenoxy) is 1. The summed E-state index contributed by atoms with van der Waals surface area (Å²) in [5.74, 6) is 0.892. The van der Waals surface area contributed by atoms with E-state index in [1.165, 1.54) is 9.44 Å². The molecule has 2 heterocycles. The highest BCUT2D eigenvalue weighted by molar-refractivity contribution is 7.18. The van der Waals surface area contributed by atoms with Gasteiger partial charge in [-0.25, -0.2) is 4.98 Å². The number of hydrogen-bond acceptors (Lipinski definition) is 6. The lowest BCUT2D eigenvalue weighted by Crippen LogP contribution is -2.32. The summed E-state index contributed by atoms with van der Waals surface area (Å²) >= 11 is 1.64. The van der Waals surface area contributed by atoms with Crippen molar-refractivity contribution < 1.29 is 9.53 Å². The highest BCUT2D eigenvalue weighted by atomic mass is 32.1. The molecule has 0 aliphatic heterocycles. The SMILES string of the molecule is CCCCOC(=O)Cn1c(CN(C)C)nc2sc3c(c2c1=O)CCC(C)C3. The molecule has 27 heavy (non-hydrogen) atoms. The van der Waals surface area contributed by atoms with Crippen LogP contribution in [-0.4, -0.2) is 41.1 Å². The van der Waals surface area contributed by atoms with Gasteiger partial charge in [-0.1, -0.05) is 20.3 Å². The van der Waals surface area contributed by atoms with Crippen LogP contribution in [-0.2, 0) is 35.5 Å². The summed E-state index contributed by atoms with van der Waals surface area (Å²) in [6, 6.07) is 0. The molecule has 0 aromatic carbocycles. The number of hydrogen-bond donors (Lipinski definition) is 0. The Morgan fingerprint density at radius 2 is 2.19 bits per heavy atom. The van der Waals surface area contributed by atoms with Crippen molar-refractivity contribution in [1.82, 2.24) is 14.5 Å². The number of aryl methyl sites for hydroxylation is 1. The Balaban J connectivity index is 2.02. The van der Waals surface area contributed by atoms with Gasteiger partial charge in [0.2, 0.25) is 0 Å². The van der Waals surface area contributed by atoms with Gasteiger partial charge >= 0.3 is 5.97 Å². The number of nitrogens with zero attached hydrogens (tertiary/aromatic N) is 3. The van der Waals surface area contributed by atoms with E-state index in [0.29, 0.717) is 30.3 Å². The van der Waals surface area contributed by atoms with Crippen LogP contribution in [0.25, 0.3) is 10.2 Å². The zero-order valence-electron chi connectivity index (χ0n) is 16.7. The first-order chi connectivity index (χ1) is 12.9. The summed E-state index contributed by atoms with van der Waals surface area (Å²) in [5.41, 5.74) is 1.05. The van der Waals surface area contributed by atoms with Crippen molar-refractivity contribution in [3.05, 3.63) is 26.6 Å². The van der Waals surface area contributed by atoms with Crippen molar-refractivity contribution in [1.29, 1.82) is 0 Å². The van der Waals surface area contributed by atoms with Gasteiger partial charge in [-0.3, -0.25) is 14.2 Å². The van der Waals surface area contributed by atoms with Crippen molar-refractivity contribution in [2.75, 3.05) is 20.7 Å². The fourth-order valence-corrected chi connectivity index (χ4v) is 4.93. The fraction of sp³-hybridized carbons (Fsp3) is 0.650. The van der Waals surface area contributed by atoms with Crippen molar-refractivity contribution >= 4 is 27.5 Å². The number of carbonyl (C=O) groups excluding carboxylic acids is 1. The summed E-state index contributed by atoms with van der Waals surface area (Å²) in [6.07, 6.45) is 4.82. The van der Waals surface area contributed by atoms with Gasteiger partial charge in [-0.15, -0.1) is 11.3 Å². The van der Waals surface area contributed by atoms with Gasteiger partial charge in [0.1, 0.15) is 17.2 Å². The predicted molar refractivity (Wildman–Crippen MR) is 108 cm³/mol. The number of thiophene rings is 1. The topological polar surface area (TPSA) is 64.4 Å². The van der Waals surface area contributed by atoms with Crippen LogP contribution in [0, 0.1) is 5.92 Å². The van der Waals surface area contributed by atoms with Crippen molar-refractivity contribution in [2.45, 2.75) is 59.0 Å². The number of esters is 1. The smallest absolute Gasteiger partial charge is 0.326 e. The van der Waals surface area contributed by atoms with Crippen LogP contribution >= 0.6 is 11.3 Å². The molecule has 148 valence electrons. The largest absolute Gasteiger partial charge is 0.464 e. The first-order valence-electron chi connectivity index (χ1n) is 9.75. The molecule has 1 unspecified atom stereocenters. The normalized spacial score (nSPS) is 16.7. The maximum Gasteiger partial charge on any atom is 0.326 e. The van der Waals surface area contributed by atoms with Gasteiger partial charge < -0.3 is 9.64 Å². The summed E-state index contributed by atoms with van der Waals surface area (Å²) in [6.45, 7) is 5.13. The van der Waals surface area contributed by atoms with Crippen LogP contribution in [0.4, 0.5) is 0 Å². The molecule has 6 nitrogen and oxygen atoms in total. The molecule has 0 saturated carbocycles. The molecular weight excluding hydrogens is 362 g/mol. The van der Waals surface area contributed by atoms with E-state index in [1.54, 1.807) is 11.3 Å². The van der Waals surface area contributed by atoms with Crippen molar-refractivity contribution in [3.8, 4) is 0 Å². The Kier molecular flexibility index (Phi) is 6.32. The summed E-state index contributed by atoms with van der Waals surface area (Å²) < 4.78 is 6.80. The van der Waals surface area contributed by atoms with Gasteiger partial charge in [0, 0.05) is 4.88 Å². The molecule has 2 aromatic heterocycles. The van der Waals surface area contributed by atoms with Crippen LogP contribution in [0.5, 0.6) is 0 Å². The summed E-state index contributed by atoms with van der Waals surface area (Å²) in [5, 5.41) is 0.714. The van der Waals surface area contributed by atoms with Gasteiger partial charge in [0.05, 0.1) is 18.5 Å². The molecule has 1 aliphatic rings. The zero-order chi connectivity index (χ0) is 19.6. The molecule has 1 atom stereocenters. The second kappa shape index (κ2) is 8.52. The van der Waals surface area contributed by atoms with Crippen LogP contribution in [0.2, 0.25) is 0 Å². The summed E-state index contributed by atoms with van der Waals surface area (Å²) in [7, 11) is 3.86. The lowest BCUT2D eigenvalue weighted by atomic mass is 9.89. The van der Waals surface area contributed by atoms with Crippen LogP contribution in [0.3, 0.4) is 0 Å². The first-order valence-corrected chi connectivity index (χ1v) is 10.6. The fourth-order valence-electron chi connectivity index (χ4n) is 3.54. The molecule has 0 bridgehead atoms. The highest BCUT2D eigenvalue weighted by Gasteiger charge is 2.25. The van der Waals surface area contributed by atoms with Gasteiger partial charge in [0.15, 0.2) is 0 Å². The summed E-state index contributed by atoms with van der Waals surface area (Å²) in [4.78, 5) is 34.4. The number of rotatable bonds is 7. The minimum Gasteiger partial charge on any atom is -0.464 e. The van der Waals surface area contributed by atoms with Gasteiger partial charge in [-0.2, -0.15) is 0 Å². The third-order valence-electron chi connectivity index (χ3n) is 5.00. The molecule has 0 saturated heterocycles. The monoisotopic (exact) mass is 391 g/mol. The Morgan fingerprint density at radius 1 is 1.41 bits per heavy atom. The maximum absolute atomic E-state index is 13.3. The number of aromatic nitrogens is 2. The van der Waals surface area contributed by atoms with Crippen LogP contribution in [0.15, 0.2) is 4.79 Å². The van der Waals surface area contributed by atoms with Crippen LogP contribution in [0.1, 0.15) is 49.4 Å². The van der Waals surface area contributed by atoms with E-state index in [4.69, 9.17) is 9.72 Å². The maximum atomic E-state index is 13.3. The minimum absolute atomic E-state index is 0.0737. The van der Waals surface area contributed by atoms with E-state index in [0.717, 1.165) is 42.5 Å². The quantitative estimate of drug-likeness (QED) is 0.536. The molecular formula is C20H29N3O3S. The zero-order valence-corrected chi connectivity index (χ0v) is 17.5. The molecule has 0 radical (unpaired) electrons. The highest BCUT2D eigenvalue weighted by Crippen LogP contribution is 2.35. The molecule has 7 heteroatoms. The lowest BCUT2D eigenvalue weighted by Gasteiger charge is -2.18. The number of fused-ring (bicyclic) bond motifs is 3. The number of unbranched alkanes of at least 4 members (excludes halogenated alkanes) is 1. The Morgan fingerprint density at radius 3 is 2.89 bits per heavy atom. The predicted octanol–water partition coefficient (Wildman–Crippen LogP) is 2.99. The Bertz CT molecular complexity index is 885. The number of carbonyl (C=O) groups is 1. The van der Waals surface area contributed by atoms with E-state index in [-0.39, 0.29) is 18.1 Å². The molecule has 0 N–H and O–H groups in total. The average molecular weight is 392 g/mol. The second-order valence-corrected chi connectivity index (χ2v) is 8.85. The first kappa shape index (κ1) is 20.0. The van der Waals surface area contributed by atoms with Gasteiger partial charge in [-0.05, 0) is 51.3 Å². The molecule has 0 fully saturated rings. The lowest BCUT2D eigenvalue weighted by molar-refractivity contribution is -0.144. The van der Waals surface area contributed by atoms with Crippen LogP contribution < -0.4 is 5.56 Å². The van der Waals surface area contributed by atoms with Crippen molar-refractivity contribution in [3.63, 3.8) is 0 Å². The molecule has 0 spiro atoms. The van der Waals surface area contributed by atoms with E-state index >= 15 is 0 Å². The van der Waals surface area contributed by atoms with E-state index in [9.17, 15) is 9.59 Å². The Hall–Kier alpha value is -1.73. The van der Waals surface area contributed by atoms with E-state index in [1.807, 2.05) is 25.9 Å². The van der Waals surface area contributed by atoms with Crippen molar-refractivity contribution in [2.24, 2.45) is 5.92 Å². The third-order valence-corrected chi connectivity index (χ3v) is 6.15. The third kappa shape index (κ3) is 4.41. The second-order valence-electron chi connectivity index (χ2n) is 7.76. The average Bonchev–Trinajstić information content (AvgIpc) is 2.95.